The fourth-order valence-corrected chi connectivity index (χ4v) is 2.13. The van der Waals surface area contributed by atoms with Crippen molar-refractivity contribution >= 4 is 34.8 Å². The summed E-state index contributed by atoms with van der Waals surface area (Å²) in [6, 6.07) is 10.2. The standard InChI is InChI=1S/C16H15Cl2N3O2/c1-10(14-5-3-4-8-19-14)20-21-16(22)11(2)23-15-7-6-12(17)9-13(15)18/h3-9,11H,1-2H3,(H,21,22). The summed E-state index contributed by atoms with van der Waals surface area (Å²) in [5.41, 5.74) is 3.72. The van der Waals surface area contributed by atoms with Gasteiger partial charge in [-0.25, -0.2) is 5.43 Å². The van der Waals surface area contributed by atoms with Crippen LogP contribution in [-0.2, 0) is 4.79 Å². The number of halogens is 2. The molecular formula is C16H15Cl2N3O2. The molecular weight excluding hydrogens is 337 g/mol. The molecule has 0 bridgehead atoms. The number of rotatable bonds is 5. The number of carbonyl (C=O) groups excluding carboxylic acids is 1. The van der Waals surface area contributed by atoms with Crippen LogP contribution in [0.2, 0.25) is 10.0 Å². The number of nitrogens with one attached hydrogen (secondary N) is 1. The zero-order valence-corrected chi connectivity index (χ0v) is 14.1. The smallest absolute Gasteiger partial charge is 0.280 e. The molecule has 23 heavy (non-hydrogen) atoms. The number of pyridine rings is 1. The number of benzene rings is 1. The molecule has 0 aliphatic heterocycles. The first-order valence-electron chi connectivity index (χ1n) is 6.84. The summed E-state index contributed by atoms with van der Waals surface area (Å²) >= 11 is 11.8. The summed E-state index contributed by atoms with van der Waals surface area (Å²) in [7, 11) is 0. The van der Waals surface area contributed by atoms with Crippen molar-refractivity contribution < 1.29 is 9.53 Å². The maximum Gasteiger partial charge on any atom is 0.280 e. The highest BCUT2D eigenvalue weighted by Crippen LogP contribution is 2.28. The summed E-state index contributed by atoms with van der Waals surface area (Å²) in [5, 5.41) is 4.85. The molecule has 1 aromatic heterocycles. The fraction of sp³-hybridized carbons (Fsp3) is 0.188. The molecule has 1 unspecified atom stereocenters. The van der Waals surface area contributed by atoms with Gasteiger partial charge in [0, 0.05) is 11.2 Å². The van der Waals surface area contributed by atoms with Crippen LogP contribution in [0.25, 0.3) is 0 Å². The number of nitrogens with zero attached hydrogens (tertiary/aromatic N) is 2. The van der Waals surface area contributed by atoms with E-state index in [9.17, 15) is 4.79 Å². The number of amides is 1. The molecule has 5 nitrogen and oxygen atoms in total. The first kappa shape index (κ1) is 17.2. The van der Waals surface area contributed by atoms with Gasteiger partial charge in [0.15, 0.2) is 6.10 Å². The summed E-state index contributed by atoms with van der Waals surface area (Å²) < 4.78 is 5.51. The molecule has 0 saturated heterocycles. The highest BCUT2D eigenvalue weighted by molar-refractivity contribution is 6.35. The van der Waals surface area contributed by atoms with Gasteiger partial charge in [-0.2, -0.15) is 5.10 Å². The molecule has 0 aliphatic rings. The van der Waals surface area contributed by atoms with Crippen LogP contribution < -0.4 is 10.2 Å². The predicted molar refractivity (Wildman–Crippen MR) is 91.1 cm³/mol. The van der Waals surface area contributed by atoms with Crippen molar-refractivity contribution in [3.05, 3.63) is 58.3 Å². The number of ether oxygens (including phenoxy) is 1. The Morgan fingerprint density at radius 1 is 1.30 bits per heavy atom. The van der Waals surface area contributed by atoms with Crippen LogP contribution >= 0.6 is 23.2 Å². The topological polar surface area (TPSA) is 63.6 Å². The van der Waals surface area contributed by atoms with E-state index in [1.165, 1.54) is 0 Å². The first-order valence-corrected chi connectivity index (χ1v) is 7.60. The predicted octanol–water partition coefficient (Wildman–Crippen LogP) is 3.70. The Kier molecular flexibility index (Phi) is 5.96. The van der Waals surface area contributed by atoms with Crippen molar-refractivity contribution in [1.82, 2.24) is 10.4 Å². The Morgan fingerprint density at radius 3 is 2.74 bits per heavy atom. The fourth-order valence-electron chi connectivity index (χ4n) is 1.68. The number of hydrogen-bond donors (Lipinski definition) is 1. The lowest BCUT2D eigenvalue weighted by atomic mass is 10.3. The lowest BCUT2D eigenvalue weighted by Crippen LogP contribution is -2.34. The third kappa shape index (κ3) is 4.94. The molecule has 120 valence electrons. The monoisotopic (exact) mass is 351 g/mol. The van der Waals surface area contributed by atoms with Crippen LogP contribution in [0.5, 0.6) is 5.75 Å². The van der Waals surface area contributed by atoms with E-state index in [2.05, 4.69) is 15.5 Å². The summed E-state index contributed by atoms with van der Waals surface area (Å²) in [6.45, 7) is 3.36. The van der Waals surface area contributed by atoms with Crippen molar-refractivity contribution in [3.8, 4) is 5.75 Å². The molecule has 1 amide bonds. The minimum atomic E-state index is -0.769. The van der Waals surface area contributed by atoms with Crippen LogP contribution in [0.15, 0.2) is 47.7 Å². The maximum absolute atomic E-state index is 12.0. The second-order valence-electron chi connectivity index (χ2n) is 4.72. The molecule has 0 radical (unpaired) electrons. The van der Waals surface area contributed by atoms with Gasteiger partial charge in [0.2, 0.25) is 0 Å². The van der Waals surface area contributed by atoms with Gasteiger partial charge in [0.05, 0.1) is 16.4 Å². The van der Waals surface area contributed by atoms with Crippen LogP contribution in [0.1, 0.15) is 19.5 Å². The van der Waals surface area contributed by atoms with Gasteiger partial charge in [0.25, 0.3) is 5.91 Å². The van der Waals surface area contributed by atoms with E-state index in [0.717, 1.165) is 0 Å². The van der Waals surface area contributed by atoms with Gasteiger partial charge in [-0.3, -0.25) is 9.78 Å². The Morgan fingerprint density at radius 2 is 2.09 bits per heavy atom. The number of carbonyl (C=O) groups is 1. The quantitative estimate of drug-likeness (QED) is 0.659. The van der Waals surface area contributed by atoms with E-state index >= 15 is 0 Å². The van der Waals surface area contributed by atoms with Crippen LogP contribution in [0.3, 0.4) is 0 Å². The molecule has 1 atom stereocenters. The second-order valence-corrected chi connectivity index (χ2v) is 5.57. The van der Waals surface area contributed by atoms with Gasteiger partial charge in [-0.1, -0.05) is 29.3 Å². The van der Waals surface area contributed by atoms with Crippen molar-refractivity contribution in [3.63, 3.8) is 0 Å². The van der Waals surface area contributed by atoms with E-state index in [0.29, 0.717) is 27.2 Å². The van der Waals surface area contributed by atoms with Gasteiger partial charge in [-0.15, -0.1) is 0 Å². The number of aromatic nitrogens is 1. The zero-order chi connectivity index (χ0) is 16.8. The van der Waals surface area contributed by atoms with Crippen LogP contribution in [-0.4, -0.2) is 22.7 Å². The van der Waals surface area contributed by atoms with Crippen molar-refractivity contribution in [2.45, 2.75) is 20.0 Å². The third-order valence-corrected chi connectivity index (χ3v) is 3.47. The van der Waals surface area contributed by atoms with Gasteiger partial charge in [0.1, 0.15) is 5.75 Å². The SMILES string of the molecule is CC(=NNC(=O)C(C)Oc1ccc(Cl)cc1Cl)c1ccccn1. The zero-order valence-electron chi connectivity index (χ0n) is 12.6. The molecule has 7 heteroatoms. The maximum atomic E-state index is 12.0. The van der Waals surface area contributed by atoms with Crippen molar-refractivity contribution in [2.75, 3.05) is 0 Å². The summed E-state index contributed by atoms with van der Waals surface area (Å²) in [5.74, 6) is -0.0181. The van der Waals surface area contributed by atoms with Gasteiger partial charge >= 0.3 is 0 Å². The second kappa shape index (κ2) is 7.94. The molecule has 2 rings (SSSR count). The lowest BCUT2D eigenvalue weighted by molar-refractivity contribution is -0.127. The first-order chi connectivity index (χ1) is 11.0. The molecule has 1 N–H and O–H groups in total. The molecule has 0 saturated carbocycles. The Balaban J connectivity index is 1.97. The molecule has 1 heterocycles. The van der Waals surface area contributed by atoms with E-state index in [1.54, 1.807) is 50.4 Å². The average Bonchev–Trinajstić information content (AvgIpc) is 2.55. The van der Waals surface area contributed by atoms with E-state index in [1.807, 2.05) is 6.07 Å². The Bertz CT molecular complexity index is 721. The lowest BCUT2D eigenvalue weighted by Gasteiger charge is -2.14. The third-order valence-electron chi connectivity index (χ3n) is 2.94. The van der Waals surface area contributed by atoms with E-state index < -0.39 is 12.0 Å². The van der Waals surface area contributed by atoms with Crippen molar-refractivity contribution in [1.29, 1.82) is 0 Å². The molecule has 2 aromatic rings. The normalized spacial score (nSPS) is 12.6. The van der Waals surface area contributed by atoms with Gasteiger partial charge < -0.3 is 4.74 Å². The van der Waals surface area contributed by atoms with E-state index in [4.69, 9.17) is 27.9 Å². The number of hydrazone groups is 1. The van der Waals surface area contributed by atoms with E-state index in [-0.39, 0.29) is 0 Å². The molecule has 0 spiro atoms. The molecule has 0 fully saturated rings. The molecule has 0 aliphatic carbocycles. The van der Waals surface area contributed by atoms with Crippen LogP contribution in [0, 0.1) is 0 Å². The molecule has 1 aromatic carbocycles. The minimum Gasteiger partial charge on any atom is -0.479 e. The van der Waals surface area contributed by atoms with Gasteiger partial charge in [-0.05, 0) is 44.2 Å². The Hall–Kier alpha value is -2.11. The number of hydrogen-bond acceptors (Lipinski definition) is 4. The van der Waals surface area contributed by atoms with Crippen LogP contribution in [0.4, 0.5) is 0 Å². The van der Waals surface area contributed by atoms with Crippen molar-refractivity contribution in [2.24, 2.45) is 5.10 Å². The summed E-state index contributed by atoms with van der Waals surface area (Å²) in [4.78, 5) is 16.2. The minimum absolute atomic E-state index is 0.338. The summed E-state index contributed by atoms with van der Waals surface area (Å²) in [6.07, 6.45) is 0.888. The Labute approximate surface area is 144 Å². The highest BCUT2D eigenvalue weighted by atomic mass is 35.5. The largest absolute Gasteiger partial charge is 0.479 e. The highest BCUT2D eigenvalue weighted by Gasteiger charge is 2.16. The average molecular weight is 352 g/mol.